The van der Waals surface area contributed by atoms with Crippen LogP contribution >= 0.6 is 0 Å². The van der Waals surface area contributed by atoms with Gasteiger partial charge in [0.25, 0.3) is 0 Å². The first-order valence-corrected chi connectivity index (χ1v) is 6.83. The van der Waals surface area contributed by atoms with Crippen LogP contribution in [0.4, 0.5) is 0 Å². The largest absolute Gasteiger partial charge is 0.354 e. The summed E-state index contributed by atoms with van der Waals surface area (Å²) in [5.41, 5.74) is 2.08. The molecule has 1 unspecified atom stereocenters. The molecule has 1 heterocycles. The molecule has 1 amide bonds. The minimum atomic E-state index is 0.103. The van der Waals surface area contributed by atoms with Crippen LogP contribution in [-0.2, 0) is 11.3 Å². The number of aryl methyl sites for hydroxylation is 2. The lowest BCUT2D eigenvalue weighted by Gasteiger charge is -2.12. The van der Waals surface area contributed by atoms with Crippen molar-refractivity contribution in [2.75, 3.05) is 0 Å². The first-order valence-electron chi connectivity index (χ1n) is 6.83. The molecule has 0 aliphatic carbocycles. The van der Waals surface area contributed by atoms with Crippen LogP contribution in [-0.4, -0.2) is 21.5 Å². The summed E-state index contributed by atoms with van der Waals surface area (Å²) in [5, 5.41) is 2.99. The molecular weight excluding hydrogens is 238 g/mol. The van der Waals surface area contributed by atoms with Crippen molar-refractivity contribution in [2.24, 2.45) is 0 Å². The van der Waals surface area contributed by atoms with Crippen molar-refractivity contribution >= 4 is 16.9 Å². The molecule has 0 saturated carbocycles. The molecule has 2 rings (SSSR count). The third-order valence-corrected chi connectivity index (χ3v) is 3.43. The van der Waals surface area contributed by atoms with E-state index in [2.05, 4.69) is 21.8 Å². The van der Waals surface area contributed by atoms with Crippen molar-refractivity contribution in [1.29, 1.82) is 0 Å². The normalized spacial score (nSPS) is 12.6. The summed E-state index contributed by atoms with van der Waals surface area (Å²) in [6, 6.07) is 8.27. The van der Waals surface area contributed by atoms with Crippen LogP contribution in [0, 0.1) is 6.92 Å². The maximum Gasteiger partial charge on any atom is 0.221 e. The summed E-state index contributed by atoms with van der Waals surface area (Å²) >= 11 is 0. The quantitative estimate of drug-likeness (QED) is 0.897. The van der Waals surface area contributed by atoms with Crippen LogP contribution < -0.4 is 5.32 Å². The van der Waals surface area contributed by atoms with Gasteiger partial charge in [-0.3, -0.25) is 4.79 Å². The Morgan fingerprint density at radius 2 is 2.16 bits per heavy atom. The Hall–Kier alpha value is -1.84. The second kappa shape index (κ2) is 5.87. The van der Waals surface area contributed by atoms with E-state index in [0.717, 1.165) is 23.3 Å². The lowest BCUT2D eigenvalue weighted by atomic mass is 10.2. The second-order valence-electron chi connectivity index (χ2n) is 4.93. The number of aromatic nitrogens is 2. The number of imidazole rings is 1. The zero-order chi connectivity index (χ0) is 13.8. The summed E-state index contributed by atoms with van der Waals surface area (Å²) in [6.07, 6.45) is 1.45. The summed E-state index contributed by atoms with van der Waals surface area (Å²) in [6.45, 7) is 6.75. The molecule has 102 valence electrons. The number of nitrogens with zero attached hydrogens (tertiary/aromatic N) is 2. The number of rotatable bonds is 5. The van der Waals surface area contributed by atoms with E-state index in [4.69, 9.17) is 0 Å². The van der Waals surface area contributed by atoms with Gasteiger partial charge in [-0.25, -0.2) is 4.98 Å². The highest BCUT2D eigenvalue weighted by molar-refractivity contribution is 5.78. The number of nitrogens with one attached hydrogen (secondary N) is 1. The second-order valence-corrected chi connectivity index (χ2v) is 4.93. The van der Waals surface area contributed by atoms with E-state index in [9.17, 15) is 4.79 Å². The van der Waals surface area contributed by atoms with Crippen molar-refractivity contribution in [3.8, 4) is 0 Å². The summed E-state index contributed by atoms with van der Waals surface area (Å²) < 4.78 is 2.10. The summed E-state index contributed by atoms with van der Waals surface area (Å²) in [4.78, 5) is 16.3. The molecule has 0 saturated heterocycles. The number of hydrogen-bond acceptors (Lipinski definition) is 2. The standard InChI is InChI=1S/C15H21N3O/c1-4-11(2)16-15(19)9-10-18-12(3)17-13-7-5-6-8-14(13)18/h5-8,11H,4,9-10H2,1-3H3,(H,16,19). The molecule has 1 N–H and O–H groups in total. The molecule has 0 bridgehead atoms. The van der Waals surface area contributed by atoms with Crippen LogP contribution in [0.15, 0.2) is 24.3 Å². The third kappa shape index (κ3) is 3.13. The monoisotopic (exact) mass is 259 g/mol. The Kier molecular flexibility index (Phi) is 4.20. The Labute approximate surface area is 113 Å². The Balaban J connectivity index is 2.05. The van der Waals surface area contributed by atoms with Gasteiger partial charge in [0, 0.05) is 19.0 Å². The number of carbonyl (C=O) groups excluding carboxylic acids is 1. The molecule has 1 aromatic heterocycles. The maximum absolute atomic E-state index is 11.8. The number of benzene rings is 1. The Bertz CT molecular complexity index is 574. The van der Waals surface area contributed by atoms with Gasteiger partial charge in [-0.15, -0.1) is 0 Å². The van der Waals surface area contributed by atoms with Gasteiger partial charge in [0.1, 0.15) is 5.82 Å². The number of amides is 1. The van der Waals surface area contributed by atoms with Crippen LogP contribution in [0.2, 0.25) is 0 Å². The molecule has 4 nitrogen and oxygen atoms in total. The van der Waals surface area contributed by atoms with E-state index >= 15 is 0 Å². The van der Waals surface area contributed by atoms with E-state index in [-0.39, 0.29) is 11.9 Å². The minimum Gasteiger partial charge on any atom is -0.354 e. The summed E-state index contributed by atoms with van der Waals surface area (Å²) in [7, 11) is 0. The fraction of sp³-hybridized carbons (Fsp3) is 0.467. The lowest BCUT2D eigenvalue weighted by molar-refractivity contribution is -0.121. The van der Waals surface area contributed by atoms with Crippen molar-refractivity contribution in [1.82, 2.24) is 14.9 Å². The van der Waals surface area contributed by atoms with Gasteiger partial charge in [0.05, 0.1) is 11.0 Å². The maximum atomic E-state index is 11.8. The molecule has 1 aromatic carbocycles. The predicted molar refractivity (Wildman–Crippen MR) is 77.0 cm³/mol. The minimum absolute atomic E-state index is 0.103. The van der Waals surface area contributed by atoms with Gasteiger partial charge in [-0.1, -0.05) is 19.1 Å². The highest BCUT2D eigenvalue weighted by Crippen LogP contribution is 2.15. The first kappa shape index (κ1) is 13.6. The molecule has 0 radical (unpaired) electrons. The average molecular weight is 259 g/mol. The topological polar surface area (TPSA) is 46.9 Å². The molecular formula is C15H21N3O. The van der Waals surface area contributed by atoms with Gasteiger partial charge in [-0.05, 0) is 32.4 Å². The van der Waals surface area contributed by atoms with Crippen molar-refractivity contribution < 1.29 is 4.79 Å². The van der Waals surface area contributed by atoms with E-state index in [1.807, 2.05) is 38.1 Å². The Morgan fingerprint density at radius 1 is 1.42 bits per heavy atom. The molecule has 19 heavy (non-hydrogen) atoms. The van der Waals surface area contributed by atoms with Crippen molar-refractivity contribution in [3.05, 3.63) is 30.1 Å². The van der Waals surface area contributed by atoms with Crippen LogP contribution in [0.1, 0.15) is 32.5 Å². The predicted octanol–water partition coefficient (Wildman–Crippen LogP) is 2.65. The molecule has 0 spiro atoms. The van der Waals surface area contributed by atoms with E-state index < -0.39 is 0 Å². The molecule has 0 aliphatic rings. The van der Waals surface area contributed by atoms with Crippen molar-refractivity contribution in [3.63, 3.8) is 0 Å². The highest BCUT2D eigenvalue weighted by atomic mass is 16.1. The highest BCUT2D eigenvalue weighted by Gasteiger charge is 2.09. The van der Waals surface area contributed by atoms with Crippen LogP contribution in [0.25, 0.3) is 11.0 Å². The fourth-order valence-electron chi connectivity index (χ4n) is 2.14. The molecule has 0 aliphatic heterocycles. The molecule has 2 aromatic rings. The van der Waals surface area contributed by atoms with E-state index in [1.54, 1.807) is 0 Å². The number of hydrogen-bond donors (Lipinski definition) is 1. The van der Waals surface area contributed by atoms with E-state index in [0.29, 0.717) is 13.0 Å². The zero-order valence-corrected chi connectivity index (χ0v) is 11.8. The molecule has 4 heteroatoms. The number of fused-ring (bicyclic) bond motifs is 1. The number of para-hydroxylation sites is 2. The fourth-order valence-corrected chi connectivity index (χ4v) is 2.14. The smallest absolute Gasteiger partial charge is 0.221 e. The van der Waals surface area contributed by atoms with Gasteiger partial charge in [0.2, 0.25) is 5.91 Å². The molecule has 1 atom stereocenters. The average Bonchev–Trinajstić information content (AvgIpc) is 2.71. The zero-order valence-electron chi connectivity index (χ0n) is 11.8. The van der Waals surface area contributed by atoms with E-state index in [1.165, 1.54) is 0 Å². The van der Waals surface area contributed by atoms with Gasteiger partial charge >= 0.3 is 0 Å². The third-order valence-electron chi connectivity index (χ3n) is 3.43. The van der Waals surface area contributed by atoms with Gasteiger partial charge in [0.15, 0.2) is 0 Å². The van der Waals surface area contributed by atoms with Crippen molar-refractivity contribution in [2.45, 2.75) is 46.2 Å². The van der Waals surface area contributed by atoms with Gasteiger partial charge < -0.3 is 9.88 Å². The number of carbonyl (C=O) groups is 1. The molecule has 0 fully saturated rings. The first-order chi connectivity index (χ1) is 9.11. The summed E-state index contributed by atoms with van der Waals surface area (Å²) in [5.74, 6) is 1.06. The van der Waals surface area contributed by atoms with Crippen LogP contribution in [0.3, 0.4) is 0 Å². The Morgan fingerprint density at radius 3 is 2.89 bits per heavy atom. The SMILES string of the molecule is CCC(C)NC(=O)CCn1c(C)nc2ccccc21. The lowest BCUT2D eigenvalue weighted by Crippen LogP contribution is -2.32. The van der Waals surface area contributed by atoms with Crippen LogP contribution in [0.5, 0.6) is 0 Å². The van der Waals surface area contributed by atoms with Gasteiger partial charge in [-0.2, -0.15) is 0 Å².